The van der Waals surface area contributed by atoms with E-state index in [-0.39, 0.29) is 0 Å². The van der Waals surface area contributed by atoms with Crippen molar-refractivity contribution >= 4 is 39.1 Å². The molecule has 0 aliphatic carbocycles. The van der Waals surface area contributed by atoms with Gasteiger partial charge in [0.25, 0.3) is 0 Å². The van der Waals surface area contributed by atoms with E-state index < -0.39 is 0 Å². The molecule has 0 saturated heterocycles. The average molecular weight is 399 g/mol. The third-order valence-corrected chi connectivity index (χ3v) is 3.87. The first-order chi connectivity index (χ1) is 12.1. The molecule has 128 valence electrons. The third kappa shape index (κ3) is 4.93. The quantitative estimate of drug-likeness (QED) is 0.579. The maximum absolute atomic E-state index is 5.46. The van der Waals surface area contributed by atoms with Crippen LogP contribution in [0.2, 0.25) is 0 Å². The molecule has 0 atom stereocenters. The van der Waals surface area contributed by atoms with Crippen LogP contribution in [0.1, 0.15) is 12.6 Å². The van der Waals surface area contributed by atoms with Gasteiger partial charge in [-0.25, -0.2) is 4.98 Å². The van der Waals surface area contributed by atoms with Gasteiger partial charge in [0.05, 0.1) is 6.61 Å². The molecule has 1 aromatic heterocycles. The molecular weight excluding hydrogens is 380 g/mol. The zero-order valence-corrected chi connectivity index (χ0v) is 15.7. The van der Waals surface area contributed by atoms with Gasteiger partial charge < -0.3 is 15.4 Å². The second kappa shape index (κ2) is 7.98. The van der Waals surface area contributed by atoms with E-state index in [1.54, 1.807) is 0 Å². The van der Waals surface area contributed by atoms with Crippen LogP contribution in [0.25, 0.3) is 0 Å². The number of aromatic nitrogens is 2. The summed E-state index contributed by atoms with van der Waals surface area (Å²) in [5.41, 5.74) is 2.74. The number of hydrogen-bond acceptors (Lipinski definition) is 5. The lowest BCUT2D eigenvalue weighted by Crippen LogP contribution is -2.02. The molecule has 0 saturated carbocycles. The number of benzene rings is 2. The fraction of sp³-hybridized carbons (Fsp3) is 0.158. The molecule has 0 aliphatic heterocycles. The average Bonchev–Trinajstić information content (AvgIpc) is 2.56. The molecule has 1 heterocycles. The number of rotatable bonds is 6. The lowest BCUT2D eigenvalue weighted by Gasteiger charge is -2.11. The van der Waals surface area contributed by atoms with Gasteiger partial charge in [0.1, 0.15) is 11.6 Å². The molecule has 3 aromatic rings. The van der Waals surface area contributed by atoms with Gasteiger partial charge in [-0.05, 0) is 56.3 Å². The highest BCUT2D eigenvalue weighted by atomic mass is 79.9. The maximum atomic E-state index is 5.46. The summed E-state index contributed by atoms with van der Waals surface area (Å²) < 4.78 is 6.46. The smallest absolute Gasteiger partial charge is 0.229 e. The molecule has 0 bridgehead atoms. The normalized spacial score (nSPS) is 10.4. The predicted molar refractivity (Wildman–Crippen MR) is 105 cm³/mol. The number of ether oxygens (including phenoxy) is 1. The first-order valence-electron chi connectivity index (χ1n) is 8.00. The monoisotopic (exact) mass is 398 g/mol. The maximum Gasteiger partial charge on any atom is 0.229 e. The number of anilines is 4. The van der Waals surface area contributed by atoms with E-state index in [0.29, 0.717) is 12.6 Å². The first-order valence-corrected chi connectivity index (χ1v) is 8.80. The van der Waals surface area contributed by atoms with E-state index in [4.69, 9.17) is 4.74 Å². The summed E-state index contributed by atoms with van der Waals surface area (Å²) in [6, 6.07) is 17.6. The minimum atomic E-state index is 0.548. The Hall–Kier alpha value is -2.60. The molecule has 0 unspecified atom stereocenters. The van der Waals surface area contributed by atoms with Crippen molar-refractivity contribution in [3.8, 4) is 5.75 Å². The second-order valence-corrected chi connectivity index (χ2v) is 6.35. The van der Waals surface area contributed by atoms with Gasteiger partial charge in [-0.1, -0.05) is 22.0 Å². The van der Waals surface area contributed by atoms with Gasteiger partial charge in [0, 0.05) is 27.6 Å². The van der Waals surface area contributed by atoms with Crippen molar-refractivity contribution in [2.45, 2.75) is 13.8 Å². The second-order valence-electron chi connectivity index (χ2n) is 5.44. The molecule has 25 heavy (non-hydrogen) atoms. The van der Waals surface area contributed by atoms with Gasteiger partial charge >= 0.3 is 0 Å². The Morgan fingerprint density at radius 1 is 0.960 bits per heavy atom. The van der Waals surface area contributed by atoms with Gasteiger partial charge in [-0.3, -0.25) is 0 Å². The topological polar surface area (TPSA) is 59.1 Å². The summed E-state index contributed by atoms with van der Waals surface area (Å²) in [4.78, 5) is 8.97. The van der Waals surface area contributed by atoms with E-state index in [9.17, 15) is 0 Å². The third-order valence-electron chi connectivity index (χ3n) is 3.37. The Morgan fingerprint density at radius 2 is 1.76 bits per heavy atom. The zero-order chi connectivity index (χ0) is 17.6. The number of hydrogen-bond donors (Lipinski definition) is 2. The number of halogens is 1. The van der Waals surface area contributed by atoms with Crippen LogP contribution in [0.3, 0.4) is 0 Å². The van der Waals surface area contributed by atoms with E-state index in [1.165, 1.54) is 0 Å². The molecule has 0 fully saturated rings. The van der Waals surface area contributed by atoms with E-state index >= 15 is 0 Å². The minimum absolute atomic E-state index is 0.548. The van der Waals surface area contributed by atoms with E-state index in [0.717, 1.165) is 33.1 Å². The Labute approximate surface area is 155 Å². The fourth-order valence-electron chi connectivity index (χ4n) is 2.33. The minimum Gasteiger partial charge on any atom is -0.494 e. The van der Waals surface area contributed by atoms with Crippen molar-refractivity contribution < 1.29 is 4.74 Å². The van der Waals surface area contributed by atoms with Crippen LogP contribution in [0.15, 0.2) is 59.1 Å². The van der Waals surface area contributed by atoms with Gasteiger partial charge in [0.15, 0.2) is 0 Å². The molecule has 0 amide bonds. The SMILES string of the molecule is CCOc1ccc(Nc2cc(C)nc(Nc3cccc(Br)c3)n2)cc1. The summed E-state index contributed by atoms with van der Waals surface area (Å²) in [5, 5.41) is 6.52. The Bertz CT molecular complexity index is 852. The van der Waals surface area contributed by atoms with Gasteiger partial charge in [-0.15, -0.1) is 0 Å². The van der Waals surface area contributed by atoms with Gasteiger partial charge in [-0.2, -0.15) is 4.98 Å². The van der Waals surface area contributed by atoms with Gasteiger partial charge in [0.2, 0.25) is 5.95 Å². The Balaban J connectivity index is 1.77. The van der Waals surface area contributed by atoms with Crippen LogP contribution in [-0.2, 0) is 0 Å². The number of aryl methyl sites for hydroxylation is 1. The summed E-state index contributed by atoms with van der Waals surface area (Å²) in [7, 11) is 0. The molecular formula is C19H19BrN4O. The fourth-order valence-corrected chi connectivity index (χ4v) is 2.73. The van der Waals surface area contributed by atoms with Crippen molar-refractivity contribution in [1.82, 2.24) is 9.97 Å². The summed E-state index contributed by atoms with van der Waals surface area (Å²) in [5.74, 6) is 2.13. The van der Waals surface area contributed by atoms with Crippen molar-refractivity contribution in [1.29, 1.82) is 0 Å². The summed E-state index contributed by atoms with van der Waals surface area (Å²) in [6.45, 7) is 4.56. The number of nitrogens with zero attached hydrogens (tertiary/aromatic N) is 2. The largest absolute Gasteiger partial charge is 0.494 e. The Morgan fingerprint density at radius 3 is 2.48 bits per heavy atom. The van der Waals surface area contributed by atoms with Crippen molar-refractivity contribution in [3.05, 3.63) is 64.8 Å². The van der Waals surface area contributed by atoms with Crippen molar-refractivity contribution in [2.75, 3.05) is 17.2 Å². The van der Waals surface area contributed by atoms with Crippen LogP contribution < -0.4 is 15.4 Å². The van der Waals surface area contributed by atoms with Crippen LogP contribution in [0, 0.1) is 6.92 Å². The highest BCUT2D eigenvalue weighted by Crippen LogP contribution is 2.22. The summed E-state index contributed by atoms with van der Waals surface area (Å²) in [6.07, 6.45) is 0. The standard InChI is InChI=1S/C19H19BrN4O/c1-3-25-17-9-7-15(8-10-17)22-18-11-13(2)21-19(24-18)23-16-6-4-5-14(20)12-16/h4-12H,3H2,1-2H3,(H2,21,22,23,24). The van der Waals surface area contributed by atoms with Crippen molar-refractivity contribution in [2.24, 2.45) is 0 Å². The lowest BCUT2D eigenvalue weighted by molar-refractivity contribution is 0.340. The molecule has 6 heteroatoms. The molecule has 0 radical (unpaired) electrons. The first kappa shape index (κ1) is 17.2. The lowest BCUT2D eigenvalue weighted by atomic mass is 10.3. The highest BCUT2D eigenvalue weighted by molar-refractivity contribution is 9.10. The molecule has 2 aromatic carbocycles. The van der Waals surface area contributed by atoms with Crippen LogP contribution in [0.5, 0.6) is 5.75 Å². The van der Waals surface area contributed by atoms with Crippen LogP contribution >= 0.6 is 15.9 Å². The highest BCUT2D eigenvalue weighted by Gasteiger charge is 2.04. The van der Waals surface area contributed by atoms with Crippen LogP contribution in [0.4, 0.5) is 23.1 Å². The molecule has 0 spiro atoms. The van der Waals surface area contributed by atoms with E-state index in [2.05, 4.69) is 36.5 Å². The zero-order valence-electron chi connectivity index (χ0n) is 14.1. The molecule has 2 N–H and O–H groups in total. The van der Waals surface area contributed by atoms with Crippen LogP contribution in [-0.4, -0.2) is 16.6 Å². The number of nitrogens with one attached hydrogen (secondary N) is 2. The Kier molecular flexibility index (Phi) is 5.50. The predicted octanol–water partition coefficient (Wildman–Crippen LogP) is 5.43. The van der Waals surface area contributed by atoms with Crippen molar-refractivity contribution in [3.63, 3.8) is 0 Å². The van der Waals surface area contributed by atoms with E-state index in [1.807, 2.05) is 68.4 Å². The summed E-state index contributed by atoms with van der Waals surface area (Å²) >= 11 is 3.46. The molecule has 0 aliphatic rings. The molecule has 5 nitrogen and oxygen atoms in total. The molecule has 3 rings (SSSR count).